The number of nitrogens with zero attached hydrogens (tertiary/aromatic N) is 1. The average Bonchev–Trinajstić information content (AvgIpc) is 1.94. The van der Waals surface area contributed by atoms with Crippen LogP contribution in [0.3, 0.4) is 0 Å². The summed E-state index contributed by atoms with van der Waals surface area (Å²) in [6, 6.07) is 0. The van der Waals surface area contributed by atoms with Crippen LogP contribution in [0.5, 0.6) is 0 Å². The Hall–Kier alpha value is -0.570. The molecule has 0 heterocycles. The van der Waals surface area contributed by atoms with E-state index in [2.05, 4.69) is 0 Å². The van der Waals surface area contributed by atoms with Gasteiger partial charge in [-0.1, -0.05) is 20.3 Å². The fourth-order valence-electron chi connectivity index (χ4n) is 1.38. The van der Waals surface area contributed by atoms with Gasteiger partial charge >= 0.3 is 0 Å². The molecule has 0 aromatic rings. The number of hydrazine groups is 1. The third-order valence-corrected chi connectivity index (χ3v) is 2.46. The highest BCUT2D eigenvalue weighted by Gasteiger charge is 2.22. The molecule has 1 fully saturated rings. The maximum atomic E-state index is 11.3. The Morgan fingerprint density at radius 3 is 2.50 bits per heavy atom. The van der Waals surface area contributed by atoms with Crippen molar-refractivity contribution in [1.29, 1.82) is 0 Å². The number of nitrogens with two attached hydrogens (primary N) is 1. The first-order chi connectivity index (χ1) is 5.61. The van der Waals surface area contributed by atoms with Crippen molar-refractivity contribution in [3.8, 4) is 0 Å². The second kappa shape index (κ2) is 3.90. The number of hydrogen-bond acceptors (Lipinski definition) is 2. The number of carbonyl (C=O) groups is 1. The molecule has 1 rings (SSSR count). The smallest absolute Gasteiger partial charge is 0.239 e. The highest BCUT2D eigenvalue weighted by molar-refractivity contribution is 5.77. The summed E-state index contributed by atoms with van der Waals surface area (Å²) in [5.41, 5.74) is 0. The molecule has 70 valence electrons. The zero-order valence-corrected chi connectivity index (χ0v) is 7.92. The fraction of sp³-hybridized carbons (Fsp3) is 0.889. The Kier molecular flexibility index (Phi) is 3.09. The van der Waals surface area contributed by atoms with Gasteiger partial charge in [-0.15, -0.1) is 0 Å². The van der Waals surface area contributed by atoms with Crippen molar-refractivity contribution >= 4 is 5.91 Å². The summed E-state index contributed by atoms with van der Waals surface area (Å²) in [4.78, 5) is 11.3. The van der Waals surface area contributed by atoms with Gasteiger partial charge in [0.1, 0.15) is 0 Å². The normalized spacial score (nSPS) is 17.7. The van der Waals surface area contributed by atoms with Crippen LogP contribution in [0.1, 0.15) is 33.1 Å². The van der Waals surface area contributed by atoms with Gasteiger partial charge in [0, 0.05) is 12.5 Å². The largest absolute Gasteiger partial charge is 0.280 e. The van der Waals surface area contributed by atoms with Crippen LogP contribution < -0.4 is 5.84 Å². The van der Waals surface area contributed by atoms with Crippen LogP contribution in [0.25, 0.3) is 0 Å². The van der Waals surface area contributed by atoms with Crippen molar-refractivity contribution in [3.05, 3.63) is 0 Å². The highest BCUT2D eigenvalue weighted by atomic mass is 16.2. The molecule has 1 aliphatic carbocycles. The predicted molar refractivity (Wildman–Crippen MR) is 48.1 cm³/mol. The van der Waals surface area contributed by atoms with Crippen LogP contribution in [0.15, 0.2) is 0 Å². The van der Waals surface area contributed by atoms with E-state index >= 15 is 0 Å². The Labute approximate surface area is 73.9 Å². The van der Waals surface area contributed by atoms with E-state index in [1.165, 1.54) is 24.3 Å². The van der Waals surface area contributed by atoms with Crippen molar-refractivity contribution < 1.29 is 4.79 Å². The third kappa shape index (κ3) is 2.21. The molecule has 0 unspecified atom stereocenters. The van der Waals surface area contributed by atoms with E-state index in [-0.39, 0.29) is 11.8 Å². The minimum atomic E-state index is 0.0232. The molecule has 0 aromatic heterocycles. The molecular weight excluding hydrogens is 152 g/mol. The second-order valence-corrected chi connectivity index (χ2v) is 3.94. The van der Waals surface area contributed by atoms with Crippen LogP contribution in [-0.4, -0.2) is 17.5 Å². The summed E-state index contributed by atoms with van der Waals surface area (Å²) in [6.07, 6.45) is 3.77. The van der Waals surface area contributed by atoms with Crippen molar-refractivity contribution in [2.45, 2.75) is 33.1 Å². The zero-order valence-electron chi connectivity index (χ0n) is 7.92. The summed E-state index contributed by atoms with van der Waals surface area (Å²) in [7, 11) is 0. The lowest BCUT2D eigenvalue weighted by atomic mass is 9.85. The van der Waals surface area contributed by atoms with E-state index in [9.17, 15) is 4.79 Å². The number of hydrogen-bond donors (Lipinski definition) is 1. The summed E-state index contributed by atoms with van der Waals surface area (Å²) in [6.45, 7) is 4.50. The molecule has 0 bridgehead atoms. The first-order valence-corrected chi connectivity index (χ1v) is 4.67. The molecule has 1 aliphatic rings. The fourth-order valence-corrected chi connectivity index (χ4v) is 1.38. The molecule has 0 radical (unpaired) electrons. The summed E-state index contributed by atoms with van der Waals surface area (Å²) in [5, 5.41) is 1.38. The van der Waals surface area contributed by atoms with Crippen LogP contribution in [-0.2, 0) is 4.79 Å². The molecule has 0 aliphatic heterocycles. The lowest BCUT2D eigenvalue weighted by Crippen LogP contribution is -2.44. The molecule has 0 atom stereocenters. The SMILES string of the molecule is CC(C)C(=O)N(N)CC1CCC1. The maximum absolute atomic E-state index is 11.3. The zero-order chi connectivity index (χ0) is 9.14. The van der Waals surface area contributed by atoms with Gasteiger partial charge in [-0.05, 0) is 18.8 Å². The minimum Gasteiger partial charge on any atom is -0.280 e. The van der Waals surface area contributed by atoms with E-state index in [1.807, 2.05) is 13.8 Å². The Balaban J connectivity index is 2.26. The predicted octanol–water partition coefficient (Wildman–Crippen LogP) is 1.14. The van der Waals surface area contributed by atoms with E-state index in [0.717, 1.165) is 6.54 Å². The van der Waals surface area contributed by atoms with Crippen LogP contribution >= 0.6 is 0 Å². The van der Waals surface area contributed by atoms with Crippen LogP contribution in [0.4, 0.5) is 0 Å². The lowest BCUT2D eigenvalue weighted by molar-refractivity contribution is -0.135. The van der Waals surface area contributed by atoms with Gasteiger partial charge in [0.2, 0.25) is 5.91 Å². The molecule has 12 heavy (non-hydrogen) atoms. The van der Waals surface area contributed by atoms with Crippen LogP contribution in [0, 0.1) is 11.8 Å². The van der Waals surface area contributed by atoms with E-state index in [1.54, 1.807) is 0 Å². The standard InChI is InChI=1S/C9H18N2O/c1-7(2)9(12)11(10)6-8-4-3-5-8/h7-8H,3-6,10H2,1-2H3. The number of amides is 1. The summed E-state index contributed by atoms with van der Waals surface area (Å²) in [5.74, 6) is 6.36. The summed E-state index contributed by atoms with van der Waals surface area (Å²) >= 11 is 0. The molecular formula is C9H18N2O. The van der Waals surface area contributed by atoms with Crippen molar-refractivity contribution in [2.75, 3.05) is 6.54 Å². The van der Waals surface area contributed by atoms with Crippen molar-refractivity contribution in [1.82, 2.24) is 5.01 Å². The highest BCUT2D eigenvalue weighted by Crippen LogP contribution is 2.26. The monoisotopic (exact) mass is 170 g/mol. The van der Waals surface area contributed by atoms with Crippen LogP contribution in [0.2, 0.25) is 0 Å². The van der Waals surface area contributed by atoms with E-state index in [0.29, 0.717) is 5.92 Å². The minimum absolute atomic E-state index is 0.0232. The van der Waals surface area contributed by atoms with E-state index in [4.69, 9.17) is 5.84 Å². The second-order valence-electron chi connectivity index (χ2n) is 3.94. The molecule has 2 N–H and O–H groups in total. The molecule has 3 nitrogen and oxygen atoms in total. The molecule has 1 saturated carbocycles. The first-order valence-electron chi connectivity index (χ1n) is 4.67. The third-order valence-electron chi connectivity index (χ3n) is 2.46. The van der Waals surface area contributed by atoms with Gasteiger partial charge in [0.05, 0.1) is 0 Å². The maximum Gasteiger partial charge on any atom is 0.239 e. The van der Waals surface area contributed by atoms with Crippen molar-refractivity contribution in [2.24, 2.45) is 17.7 Å². The van der Waals surface area contributed by atoms with Gasteiger partial charge in [-0.2, -0.15) is 0 Å². The molecule has 1 amide bonds. The van der Waals surface area contributed by atoms with E-state index < -0.39 is 0 Å². The topological polar surface area (TPSA) is 46.3 Å². The average molecular weight is 170 g/mol. The number of carbonyl (C=O) groups excluding carboxylic acids is 1. The lowest BCUT2D eigenvalue weighted by Gasteiger charge is -2.30. The quantitative estimate of drug-likeness (QED) is 0.392. The van der Waals surface area contributed by atoms with Gasteiger partial charge in [0.25, 0.3) is 0 Å². The molecule has 3 heteroatoms. The Bertz CT molecular complexity index is 164. The molecule has 0 spiro atoms. The molecule has 0 aromatic carbocycles. The number of rotatable bonds is 3. The first kappa shape index (κ1) is 9.52. The van der Waals surface area contributed by atoms with Gasteiger partial charge in [-0.25, -0.2) is 5.84 Å². The molecule has 0 saturated heterocycles. The van der Waals surface area contributed by atoms with Gasteiger partial charge in [0.15, 0.2) is 0 Å². The van der Waals surface area contributed by atoms with Gasteiger partial charge in [-0.3, -0.25) is 9.80 Å². The summed E-state index contributed by atoms with van der Waals surface area (Å²) < 4.78 is 0. The Morgan fingerprint density at radius 2 is 2.17 bits per heavy atom. The Morgan fingerprint density at radius 1 is 1.58 bits per heavy atom. The van der Waals surface area contributed by atoms with Crippen molar-refractivity contribution in [3.63, 3.8) is 0 Å². The van der Waals surface area contributed by atoms with Gasteiger partial charge < -0.3 is 0 Å².